The predicted octanol–water partition coefficient (Wildman–Crippen LogP) is -0.0957. The zero-order valence-electron chi connectivity index (χ0n) is 8.95. The van der Waals surface area contributed by atoms with Gasteiger partial charge >= 0.3 is 0 Å². The van der Waals surface area contributed by atoms with Crippen LogP contribution in [0.15, 0.2) is 6.20 Å². The lowest BCUT2D eigenvalue weighted by atomic mass is 10.4. The summed E-state index contributed by atoms with van der Waals surface area (Å²) in [5.41, 5.74) is 0.996. The fraction of sp³-hybridized carbons (Fsp3) is 0.778. The van der Waals surface area contributed by atoms with Gasteiger partial charge in [-0.2, -0.15) is 0 Å². The molecule has 0 saturated carbocycles. The van der Waals surface area contributed by atoms with E-state index >= 15 is 0 Å². The lowest BCUT2D eigenvalue weighted by molar-refractivity contribution is 0.601. The van der Waals surface area contributed by atoms with Crippen molar-refractivity contribution in [1.29, 1.82) is 0 Å². The van der Waals surface area contributed by atoms with E-state index < -0.39 is 0 Å². The molecule has 0 aliphatic carbocycles. The number of aromatic nitrogens is 3. The number of nitrogens with zero attached hydrogens (tertiary/aromatic N) is 3. The van der Waals surface area contributed by atoms with Gasteiger partial charge in [0, 0.05) is 19.8 Å². The van der Waals surface area contributed by atoms with Gasteiger partial charge in [-0.25, -0.2) is 0 Å². The molecule has 0 amide bonds. The second-order valence-corrected chi connectivity index (χ2v) is 3.27. The van der Waals surface area contributed by atoms with Crippen LogP contribution in [0, 0.1) is 0 Å². The molecule has 0 radical (unpaired) electrons. The maximum atomic E-state index is 3.98. The van der Waals surface area contributed by atoms with Gasteiger partial charge in [0.15, 0.2) is 0 Å². The van der Waals surface area contributed by atoms with Gasteiger partial charge in [-0.1, -0.05) is 12.1 Å². The third-order valence-corrected chi connectivity index (χ3v) is 1.91. The van der Waals surface area contributed by atoms with Crippen molar-refractivity contribution in [1.82, 2.24) is 25.6 Å². The highest BCUT2D eigenvalue weighted by atomic mass is 15.4. The topological polar surface area (TPSA) is 54.8 Å². The second-order valence-electron chi connectivity index (χ2n) is 3.27. The first kappa shape index (κ1) is 11.1. The summed E-state index contributed by atoms with van der Waals surface area (Å²) in [6.45, 7) is 6.06. The van der Waals surface area contributed by atoms with Gasteiger partial charge in [0.2, 0.25) is 0 Å². The van der Waals surface area contributed by atoms with Crippen LogP contribution in [0.3, 0.4) is 0 Å². The second kappa shape index (κ2) is 6.50. The van der Waals surface area contributed by atoms with E-state index in [4.69, 9.17) is 0 Å². The Morgan fingerprint density at radius 1 is 1.36 bits per heavy atom. The average Bonchev–Trinajstić information content (AvgIpc) is 2.58. The summed E-state index contributed by atoms with van der Waals surface area (Å²) < 4.78 is 1.72. The van der Waals surface area contributed by atoms with E-state index in [-0.39, 0.29) is 0 Å². The summed E-state index contributed by atoms with van der Waals surface area (Å²) in [6.07, 6.45) is 3.07. The van der Waals surface area contributed by atoms with E-state index in [1.165, 1.54) is 0 Å². The molecule has 5 heteroatoms. The lowest BCUT2D eigenvalue weighted by Crippen LogP contribution is -2.21. The van der Waals surface area contributed by atoms with Crippen molar-refractivity contribution < 1.29 is 0 Å². The number of hydrogen-bond acceptors (Lipinski definition) is 4. The number of rotatable bonds is 7. The summed E-state index contributed by atoms with van der Waals surface area (Å²) in [4.78, 5) is 0. The molecule has 0 aromatic carbocycles. The molecule has 0 atom stereocenters. The van der Waals surface area contributed by atoms with Crippen LogP contribution in [0.1, 0.15) is 19.0 Å². The van der Waals surface area contributed by atoms with Crippen molar-refractivity contribution in [3.63, 3.8) is 0 Å². The van der Waals surface area contributed by atoms with Gasteiger partial charge in [0.05, 0.1) is 5.69 Å². The Kier molecular flexibility index (Phi) is 5.17. The molecule has 5 nitrogen and oxygen atoms in total. The molecule has 0 spiro atoms. The summed E-state index contributed by atoms with van der Waals surface area (Å²) in [6, 6.07) is 0. The SMILES string of the molecule is CCNCCCNCc1cn(C)nn1. The van der Waals surface area contributed by atoms with Crippen molar-refractivity contribution in [3.8, 4) is 0 Å². The van der Waals surface area contributed by atoms with Crippen LogP contribution in [-0.2, 0) is 13.6 Å². The third-order valence-electron chi connectivity index (χ3n) is 1.91. The lowest BCUT2D eigenvalue weighted by Gasteiger charge is -2.02. The Balaban J connectivity index is 1.99. The Labute approximate surface area is 84.9 Å². The van der Waals surface area contributed by atoms with Crippen LogP contribution in [0.5, 0.6) is 0 Å². The molecule has 0 fully saturated rings. The van der Waals surface area contributed by atoms with Crippen LogP contribution in [0.2, 0.25) is 0 Å². The molecule has 0 bridgehead atoms. The standard InChI is InChI=1S/C9H19N5/c1-3-10-5-4-6-11-7-9-8-14(2)13-12-9/h8,10-11H,3-7H2,1-2H3. The predicted molar refractivity (Wildman–Crippen MR) is 55.9 cm³/mol. The van der Waals surface area contributed by atoms with Crippen LogP contribution in [0.25, 0.3) is 0 Å². The van der Waals surface area contributed by atoms with Crippen molar-refractivity contribution >= 4 is 0 Å². The zero-order chi connectivity index (χ0) is 10.2. The highest BCUT2D eigenvalue weighted by Gasteiger charge is 1.96. The summed E-state index contributed by atoms with van der Waals surface area (Å²) in [5, 5.41) is 14.4. The van der Waals surface area contributed by atoms with E-state index in [0.29, 0.717) is 0 Å². The summed E-state index contributed by atoms with van der Waals surface area (Å²) in [7, 11) is 1.88. The molecular formula is C9H19N5. The monoisotopic (exact) mass is 197 g/mol. The van der Waals surface area contributed by atoms with Gasteiger partial charge in [-0.15, -0.1) is 5.10 Å². The Morgan fingerprint density at radius 3 is 2.79 bits per heavy atom. The van der Waals surface area contributed by atoms with Gasteiger partial charge in [0.25, 0.3) is 0 Å². The minimum absolute atomic E-state index is 0.806. The van der Waals surface area contributed by atoms with E-state index in [2.05, 4.69) is 27.9 Å². The number of hydrogen-bond donors (Lipinski definition) is 2. The van der Waals surface area contributed by atoms with Crippen LogP contribution >= 0.6 is 0 Å². The Hall–Kier alpha value is -0.940. The van der Waals surface area contributed by atoms with Crippen LogP contribution in [0.4, 0.5) is 0 Å². The number of aryl methyl sites for hydroxylation is 1. The van der Waals surface area contributed by atoms with Crippen molar-refractivity contribution in [2.45, 2.75) is 19.9 Å². The molecule has 1 aromatic rings. The first-order valence-corrected chi connectivity index (χ1v) is 5.09. The minimum atomic E-state index is 0.806. The smallest absolute Gasteiger partial charge is 0.0964 e. The molecule has 1 aromatic heterocycles. The molecule has 0 unspecified atom stereocenters. The maximum absolute atomic E-state index is 3.98. The van der Waals surface area contributed by atoms with Gasteiger partial charge in [-0.05, 0) is 26.1 Å². The van der Waals surface area contributed by atoms with Gasteiger partial charge < -0.3 is 10.6 Å². The molecule has 80 valence electrons. The average molecular weight is 197 g/mol. The zero-order valence-corrected chi connectivity index (χ0v) is 8.95. The van der Waals surface area contributed by atoms with Crippen LogP contribution < -0.4 is 10.6 Å². The molecule has 0 saturated heterocycles. The van der Waals surface area contributed by atoms with E-state index in [9.17, 15) is 0 Å². The molecule has 2 N–H and O–H groups in total. The molecule has 0 aliphatic heterocycles. The van der Waals surface area contributed by atoms with E-state index in [1.54, 1.807) is 4.68 Å². The van der Waals surface area contributed by atoms with E-state index in [0.717, 1.165) is 38.3 Å². The van der Waals surface area contributed by atoms with Crippen LogP contribution in [-0.4, -0.2) is 34.6 Å². The van der Waals surface area contributed by atoms with Crippen molar-refractivity contribution in [2.24, 2.45) is 7.05 Å². The molecule has 1 rings (SSSR count). The molecule has 1 heterocycles. The molecule has 0 aliphatic rings. The fourth-order valence-corrected chi connectivity index (χ4v) is 1.21. The molecule has 14 heavy (non-hydrogen) atoms. The molecular weight excluding hydrogens is 178 g/mol. The maximum Gasteiger partial charge on any atom is 0.0964 e. The van der Waals surface area contributed by atoms with Gasteiger partial charge in [0.1, 0.15) is 0 Å². The Bertz CT molecular complexity index is 245. The van der Waals surface area contributed by atoms with E-state index in [1.807, 2.05) is 13.2 Å². The normalized spacial score (nSPS) is 10.7. The first-order chi connectivity index (χ1) is 6.83. The van der Waals surface area contributed by atoms with Crippen molar-refractivity contribution in [2.75, 3.05) is 19.6 Å². The highest BCUT2D eigenvalue weighted by Crippen LogP contribution is 1.89. The minimum Gasteiger partial charge on any atom is -0.317 e. The fourth-order valence-electron chi connectivity index (χ4n) is 1.21. The summed E-state index contributed by atoms with van der Waals surface area (Å²) >= 11 is 0. The summed E-state index contributed by atoms with van der Waals surface area (Å²) in [5.74, 6) is 0. The number of nitrogens with one attached hydrogen (secondary N) is 2. The quantitative estimate of drug-likeness (QED) is 0.600. The highest BCUT2D eigenvalue weighted by molar-refractivity contribution is 4.90. The largest absolute Gasteiger partial charge is 0.317 e. The third kappa shape index (κ3) is 4.34. The Morgan fingerprint density at radius 2 is 2.14 bits per heavy atom. The van der Waals surface area contributed by atoms with Crippen molar-refractivity contribution in [3.05, 3.63) is 11.9 Å². The first-order valence-electron chi connectivity index (χ1n) is 5.09. The van der Waals surface area contributed by atoms with Gasteiger partial charge in [-0.3, -0.25) is 4.68 Å².